The van der Waals surface area contributed by atoms with Gasteiger partial charge in [-0.1, -0.05) is 18.2 Å². The Kier molecular flexibility index (Phi) is 3.95. The summed E-state index contributed by atoms with van der Waals surface area (Å²) in [7, 11) is -1.15. The van der Waals surface area contributed by atoms with Gasteiger partial charge >= 0.3 is 0 Å². The standard InChI is InChI=1S/C7H5Br3OS/c8-7(9,10)12(11)6-4-2-1-3-5-6/h1-5H/t12-/m1/s1. The molecule has 0 aliphatic heterocycles. The van der Waals surface area contributed by atoms with E-state index in [1.807, 2.05) is 30.3 Å². The van der Waals surface area contributed by atoms with Crippen LogP contribution in [0.5, 0.6) is 0 Å². The molecule has 0 radical (unpaired) electrons. The first-order valence-corrected chi connectivity index (χ1v) is 6.58. The molecule has 1 nitrogen and oxygen atoms in total. The van der Waals surface area contributed by atoms with Gasteiger partial charge in [0.1, 0.15) is 0 Å². The maximum atomic E-state index is 11.6. The maximum absolute atomic E-state index is 11.6. The summed E-state index contributed by atoms with van der Waals surface area (Å²) in [5.41, 5.74) is 0. The normalized spacial score (nSPS) is 14.2. The summed E-state index contributed by atoms with van der Waals surface area (Å²) in [6.07, 6.45) is 0. The Hall–Kier alpha value is 0.810. The van der Waals surface area contributed by atoms with Gasteiger partial charge in [-0.2, -0.15) is 0 Å². The Bertz CT molecular complexity index is 280. The average Bonchev–Trinajstić information content (AvgIpc) is 2.03. The molecule has 1 aromatic rings. The molecule has 1 atom stereocenters. The van der Waals surface area contributed by atoms with Gasteiger partial charge in [-0.05, 0) is 59.9 Å². The van der Waals surface area contributed by atoms with Crippen LogP contribution in [-0.2, 0) is 10.8 Å². The highest BCUT2D eigenvalue weighted by molar-refractivity contribution is 9.42. The summed E-state index contributed by atoms with van der Waals surface area (Å²) in [5.74, 6) is 0. The van der Waals surface area contributed by atoms with Crippen molar-refractivity contribution < 1.29 is 4.21 Å². The fourth-order valence-electron chi connectivity index (χ4n) is 0.678. The van der Waals surface area contributed by atoms with Crippen LogP contribution in [0.2, 0.25) is 0 Å². The second-order valence-electron chi connectivity index (χ2n) is 2.03. The lowest BCUT2D eigenvalue weighted by Crippen LogP contribution is -2.09. The zero-order valence-electron chi connectivity index (χ0n) is 5.84. The van der Waals surface area contributed by atoms with Crippen molar-refractivity contribution in [2.45, 2.75) is 6.37 Å². The van der Waals surface area contributed by atoms with Gasteiger partial charge in [-0.25, -0.2) is 0 Å². The topological polar surface area (TPSA) is 17.1 Å². The average molecular weight is 377 g/mol. The Labute approximate surface area is 98.8 Å². The number of hydrogen-bond acceptors (Lipinski definition) is 1. The van der Waals surface area contributed by atoms with Gasteiger partial charge < -0.3 is 0 Å². The monoisotopic (exact) mass is 374 g/mol. The van der Waals surface area contributed by atoms with Crippen LogP contribution in [0.15, 0.2) is 35.2 Å². The molecule has 1 aromatic carbocycles. The van der Waals surface area contributed by atoms with E-state index in [1.54, 1.807) is 0 Å². The molecule has 0 saturated carbocycles. The Morgan fingerprint density at radius 2 is 1.58 bits per heavy atom. The molecule has 12 heavy (non-hydrogen) atoms. The molecule has 0 heterocycles. The minimum atomic E-state index is -1.15. The van der Waals surface area contributed by atoms with Gasteiger partial charge in [-0.3, -0.25) is 4.21 Å². The van der Waals surface area contributed by atoms with E-state index in [1.165, 1.54) is 0 Å². The molecule has 0 unspecified atom stereocenters. The molecule has 0 saturated heterocycles. The van der Waals surface area contributed by atoms with Gasteiger partial charge in [0, 0.05) is 4.90 Å². The number of benzene rings is 1. The van der Waals surface area contributed by atoms with Crippen LogP contribution in [0.4, 0.5) is 0 Å². The van der Waals surface area contributed by atoms with Crippen LogP contribution in [0, 0.1) is 0 Å². The van der Waals surface area contributed by atoms with Crippen LogP contribution < -0.4 is 0 Å². The van der Waals surface area contributed by atoms with Gasteiger partial charge in [0.05, 0.1) is 10.8 Å². The lowest BCUT2D eigenvalue weighted by molar-refractivity contribution is 0.685. The quantitative estimate of drug-likeness (QED) is 0.684. The van der Waals surface area contributed by atoms with Crippen molar-refractivity contribution in [3.05, 3.63) is 30.3 Å². The maximum Gasteiger partial charge on any atom is 0.213 e. The van der Waals surface area contributed by atoms with Crippen molar-refractivity contribution in [3.63, 3.8) is 0 Å². The number of hydrogen-bond donors (Lipinski definition) is 0. The Balaban J connectivity index is 2.94. The van der Waals surface area contributed by atoms with Crippen molar-refractivity contribution in [1.29, 1.82) is 0 Å². The molecule has 1 rings (SSSR count). The third kappa shape index (κ3) is 2.94. The molecule has 5 heteroatoms. The first kappa shape index (κ1) is 10.9. The Morgan fingerprint density at radius 1 is 1.08 bits per heavy atom. The van der Waals surface area contributed by atoms with E-state index in [4.69, 9.17) is 0 Å². The molecule has 66 valence electrons. The third-order valence-electron chi connectivity index (χ3n) is 1.17. The van der Waals surface area contributed by atoms with Crippen molar-refractivity contribution >= 4 is 58.6 Å². The zero-order chi connectivity index (χ0) is 9.19. The molecular formula is C7H5Br3OS. The molecule has 0 aliphatic rings. The summed E-state index contributed by atoms with van der Waals surface area (Å²) in [4.78, 5) is 0.767. The van der Waals surface area contributed by atoms with Crippen LogP contribution in [0.3, 0.4) is 0 Å². The van der Waals surface area contributed by atoms with E-state index in [0.717, 1.165) is 4.90 Å². The Morgan fingerprint density at radius 3 is 2.00 bits per heavy atom. The number of rotatable bonds is 1. The van der Waals surface area contributed by atoms with E-state index in [2.05, 4.69) is 47.8 Å². The SMILES string of the molecule is O=[S@](c1ccccc1)C(Br)(Br)Br. The molecule has 0 aromatic heterocycles. The number of halogens is 3. The summed E-state index contributed by atoms with van der Waals surface area (Å²) in [6.45, 7) is 0. The van der Waals surface area contributed by atoms with Gasteiger partial charge in [0.15, 0.2) is 0 Å². The summed E-state index contributed by atoms with van der Waals surface area (Å²) < 4.78 is 10.9. The molecular weight excluding hydrogens is 372 g/mol. The lowest BCUT2D eigenvalue weighted by Gasteiger charge is -2.10. The highest BCUT2D eigenvalue weighted by Gasteiger charge is 2.27. The van der Waals surface area contributed by atoms with Crippen LogP contribution in [0.1, 0.15) is 0 Å². The van der Waals surface area contributed by atoms with Gasteiger partial charge in [0.25, 0.3) is 0 Å². The highest BCUT2D eigenvalue weighted by Crippen LogP contribution is 2.40. The molecule has 0 spiro atoms. The van der Waals surface area contributed by atoms with Crippen LogP contribution >= 0.6 is 47.8 Å². The summed E-state index contributed by atoms with van der Waals surface area (Å²) in [6, 6.07) is 9.22. The summed E-state index contributed by atoms with van der Waals surface area (Å²) in [5, 5.41) is 0. The van der Waals surface area contributed by atoms with Crippen molar-refractivity contribution in [2.24, 2.45) is 0 Å². The predicted octanol–water partition coefficient (Wildman–Crippen LogP) is 3.59. The third-order valence-corrected chi connectivity index (χ3v) is 4.93. The van der Waals surface area contributed by atoms with Gasteiger partial charge in [-0.15, -0.1) is 0 Å². The van der Waals surface area contributed by atoms with E-state index in [9.17, 15) is 4.21 Å². The first-order chi connectivity index (χ1) is 5.52. The smallest absolute Gasteiger partial charge is 0.213 e. The molecule has 0 aliphatic carbocycles. The second-order valence-corrected chi connectivity index (χ2v) is 12.0. The van der Waals surface area contributed by atoms with Crippen LogP contribution in [-0.4, -0.2) is 5.68 Å². The van der Waals surface area contributed by atoms with E-state index in [0.29, 0.717) is 0 Å². The summed E-state index contributed by atoms with van der Waals surface area (Å²) >= 11 is 9.64. The van der Waals surface area contributed by atoms with E-state index < -0.39 is 12.3 Å². The van der Waals surface area contributed by atoms with Crippen molar-refractivity contribution in [1.82, 2.24) is 0 Å². The van der Waals surface area contributed by atoms with E-state index in [-0.39, 0.29) is 0 Å². The van der Waals surface area contributed by atoms with Crippen molar-refractivity contribution in [3.8, 4) is 0 Å². The highest BCUT2D eigenvalue weighted by atomic mass is 80.0. The molecule has 0 N–H and O–H groups in total. The van der Waals surface area contributed by atoms with Gasteiger partial charge in [0.2, 0.25) is 1.47 Å². The lowest BCUT2D eigenvalue weighted by atomic mass is 10.4. The minimum Gasteiger partial charge on any atom is -0.251 e. The first-order valence-electron chi connectivity index (χ1n) is 3.05. The molecule has 0 fully saturated rings. The van der Waals surface area contributed by atoms with Crippen molar-refractivity contribution in [2.75, 3.05) is 0 Å². The fourth-order valence-corrected chi connectivity index (χ4v) is 3.03. The molecule has 0 amide bonds. The zero-order valence-corrected chi connectivity index (χ0v) is 11.4. The molecule has 0 bridgehead atoms. The fraction of sp³-hybridized carbons (Fsp3) is 0.143. The minimum absolute atomic E-state index is 0.728. The largest absolute Gasteiger partial charge is 0.251 e. The van der Waals surface area contributed by atoms with E-state index >= 15 is 0 Å². The number of alkyl halides is 3. The van der Waals surface area contributed by atoms with Crippen LogP contribution in [0.25, 0.3) is 0 Å². The predicted molar refractivity (Wildman–Crippen MR) is 62.4 cm³/mol. The second kappa shape index (κ2) is 4.35.